The van der Waals surface area contributed by atoms with Crippen LogP contribution in [0.25, 0.3) is 0 Å². The highest BCUT2D eigenvalue weighted by Crippen LogP contribution is 2.25. The molecule has 6 nitrogen and oxygen atoms in total. The van der Waals surface area contributed by atoms with E-state index in [-0.39, 0.29) is 17.2 Å². The first-order valence-corrected chi connectivity index (χ1v) is 7.41. The Balaban J connectivity index is 1.92. The van der Waals surface area contributed by atoms with Gasteiger partial charge in [-0.1, -0.05) is 0 Å². The number of carboxylic acids is 1. The zero-order chi connectivity index (χ0) is 15.5. The summed E-state index contributed by atoms with van der Waals surface area (Å²) < 4.78 is 6.10. The molecule has 1 aliphatic heterocycles. The van der Waals surface area contributed by atoms with Crippen LogP contribution in [0.5, 0.6) is 0 Å². The largest absolute Gasteiger partial charge is 0.478 e. The smallest absolute Gasteiger partial charge is 0.335 e. The molecule has 0 saturated carbocycles. The predicted molar refractivity (Wildman–Crippen MR) is 81.7 cm³/mol. The van der Waals surface area contributed by atoms with Crippen molar-refractivity contribution in [3.8, 4) is 0 Å². The molecule has 1 aromatic rings. The lowest BCUT2D eigenvalue weighted by atomic mass is 10.0. The lowest BCUT2D eigenvalue weighted by molar-refractivity contribution is 0.0232. The van der Waals surface area contributed by atoms with Crippen LogP contribution in [0.15, 0.2) is 22.7 Å². The molecule has 2 amide bonds. The standard InChI is InChI=1S/C14H17BrN2O4/c1-14(5-2-6-21-14)8-16-13(20)17-11-4-3-9(12(18)19)7-10(11)15/h3-4,7H,2,5-6,8H2,1H3,(H,18,19)(H2,16,17,20). The van der Waals surface area contributed by atoms with Gasteiger partial charge >= 0.3 is 12.0 Å². The van der Waals surface area contributed by atoms with Crippen LogP contribution in [0.4, 0.5) is 10.5 Å². The van der Waals surface area contributed by atoms with Crippen molar-refractivity contribution in [2.75, 3.05) is 18.5 Å². The van der Waals surface area contributed by atoms with E-state index in [1.807, 2.05) is 6.92 Å². The Morgan fingerprint density at radius 1 is 1.48 bits per heavy atom. The molecule has 1 saturated heterocycles. The number of amides is 2. The Labute approximate surface area is 131 Å². The van der Waals surface area contributed by atoms with Crippen LogP contribution in [-0.2, 0) is 4.74 Å². The second-order valence-electron chi connectivity index (χ2n) is 5.21. The minimum absolute atomic E-state index is 0.152. The first kappa shape index (κ1) is 15.8. The summed E-state index contributed by atoms with van der Waals surface area (Å²) in [5, 5.41) is 14.3. The van der Waals surface area contributed by atoms with Gasteiger partial charge in [0.2, 0.25) is 0 Å². The minimum Gasteiger partial charge on any atom is -0.478 e. The van der Waals surface area contributed by atoms with Gasteiger partial charge in [-0.25, -0.2) is 9.59 Å². The monoisotopic (exact) mass is 356 g/mol. The first-order valence-electron chi connectivity index (χ1n) is 6.61. The Bertz CT molecular complexity index is 556. The maximum atomic E-state index is 11.9. The van der Waals surface area contributed by atoms with E-state index >= 15 is 0 Å². The van der Waals surface area contributed by atoms with Crippen molar-refractivity contribution in [3.05, 3.63) is 28.2 Å². The number of anilines is 1. The van der Waals surface area contributed by atoms with E-state index in [0.29, 0.717) is 16.7 Å². The molecule has 1 unspecified atom stereocenters. The Hall–Kier alpha value is -1.60. The van der Waals surface area contributed by atoms with Gasteiger partial charge in [0.1, 0.15) is 0 Å². The van der Waals surface area contributed by atoms with Crippen LogP contribution in [-0.4, -0.2) is 35.9 Å². The van der Waals surface area contributed by atoms with Gasteiger partial charge in [-0.15, -0.1) is 0 Å². The van der Waals surface area contributed by atoms with Gasteiger partial charge < -0.3 is 20.5 Å². The molecule has 1 aromatic carbocycles. The molecule has 0 radical (unpaired) electrons. The van der Waals surface area contributed by atoms with Crippen LogP contribution in [0.3, 0.4) is 0 Å². The van der Waals surface area contributed by atoms with Gasteiger partial charge in [-0.2, -0.15) is 0 Å². The topological polar surface area (TPSA) is 87.7 Å². The number of hydrogen-bond donors (Lipinski definition) is 3. The van der Waals surface area contributed by atoms with Gasteiger partial charge in [0.25, 0.3) is 0 Å². The van der Waals surface area contributed by atoms with Crippen molar-refractivity contribution in [3.63, 3.8) is 0 Å². The third-order valence-corrected chi connectivity index (χ3v) is 4.04. The fourth-order valence-corrected chi connectivity index (χ4v) is 2.64. The van der Waals surface area contributed by atoms with Gasteiger partial charge in [0.05, 0.1) is 16.9 Å². The summed E-state index contributed by atoms with van der Waals surface area (Å²) in [4.78, 5) is 22.7. The average Bonchev–Trinajstić information content (AvgIpc) is 2.86. The number of carbonyl (C=O) groups is 2. The van der Waals surface area contributed by atoms with E-state index < -0.39 is 5.97 Å². The van der Waals surface area contributed by atoms with Crippen molar-refractivity contribution in [1.29, 1.82) is 0 Å². The summed E-state index contributed by atoms with van der Waals surface area (Å²) in [6.07, 6.45) is 1.92. The molecular weight excluding hydrogens is 340 g/mol. The van der Waals surface area contributed by atoms with Gasteiger partial charge in [0.15, 0.2) is 0 Å². The Kier molecular flexibility index (Phi) is 4.84. The summed E-state index contributed by atoms with van der Waals surface area (Å²) in [5.74, 6) is -1.02. The van der Waals surface area contributed by atoms with Crippen molar-refractivity contribution in [1.82, 2.24) is 5.32 Å². The van der Waals surface area contributed by atoms with Gasteiger partial charge in [-0.05, 0) is 53.9 Å². The maximum Gasteiger partial charge on any atom is 0.335 e. The third-order valence-electron chi connectivity index (χ3n) is 3.39. The summed E-state index contributed by atoms with van der Waals surface area (Å²) in [7, 11) is 0. The van der Waals surface area contributed by atoms with Crippen LogP contribution in [0.1, 0.15) is 30.1 Å². The molecule has 0 bridgehead atoms. The number of benzene rings is 1. The molecule has 7 heteroatoms. The quantitative estimate of drug-likeness (QED) is 0.773. The maximum absolute atomic E-state index is 11.9. The number of nitrogens with one attached hydrogen (secondary N) is 2. The van der Waals surface area contributed by atoms with Crippen molar-refractivity contribution in [2.45, 2.75) is 25.4 Å². The Morgan fingerprint density at radius 2 is 2.24 bits per heavy atom. The zero-order valence-electron chi connectivity index (χ0n) is 11.6. The molecule has 0 aliphatic carbocycles. The van der Waals surface area contributed by atoms with E-state index in [9.17, 15) is 9.59 Å². The summed E-state index contributed by atoms with van der Waals surface area (Å²) in [6, 6.07) is 4.07. The fourth-order valence-electron chi connectivity index (χ4n) is 2.16. The lowest BCUT2D eigenvalue weighted by Crippen LogP contribution is -2.41. The van der Waals surface area contributed by atoms with Crippen LogP contribution in [0, 0.1) is 0 Å². The number of urea groups is 1. The SMILES string of the molecule is CC1(CNC(=O)Nc2ccc(C(=O)O)cc2Br)CCCO1. The number of ether oxygens (including phenoxy) is 1. The second kappa shape index (κ2) is 6.44. The highest BCUT2D eigenvalue weighted by Gasteiger charge is 2.30. The van der Waals surface area contributed by atoms with Gasteiger partial charge in [-0.3, -0.25) is 0 Å². The fraction of sp³-hybridized carbons (Fsp3) is 0.429. The molecular formula is C14H17BrN2O4. The molecule has 1 atom stereocenters. The molecule has 1 fully saturated rings. The molecule has 2 rings (SSSR count). The van der Waals surface area contributed by atoms with E-state index in [1.165, 1.54) is 12.1 Å². The van der Waals surface area contributed by atoms with Crippen molar-refractivity contribution >= 4 is 33.6 Å². The zero-order valence-corrected chi connectivity index (χ0v) is 13.2. The number of carboxylic acid groups (broad SMARTS) is 1. The molecule has 114 valence electrons. The summed E-state index contributed by atoms with van der Waals surface area (Å²) >= 11 is 3.24. The van der Waals surface area contributed by atoms with Crippen LogP contribution < -0.4 is 10.6 Å². The lowest BCUT2D eigenvalue weighted by Gasteiger charge is -2.23. The number of rotatable bonds is 4. The second-order valence-corrected chi connectivity index (χ2v) is 6.06. The van der Waals surface area contributed by atoms with Crippen molar-refractivity contribution < 1.29 is 19.4 Å². The van der Waals surface area contributed by atoms with E-state index in [0.717, 1.165) is 19.4 Å². The molecule has 3 N–H and O–H groups in total. The minimum atomic E-state index is -1.02. The average molecular weight is 357 g/mol. The molecule has 0 spiro atoms. The predicted octanol–water partition coefficient (Wildman–Crippen LogP) is 2.84. The van der Waals surface area contributed by atoms with E-state index in [1.54, 1.807) is 6.07 Å². The Morgan fingerprint density at radius 3 is 2.81 bits per heavy atom. The molecule has 21 heavy (non-hydrogen) atoms. The molecule has 1 aliphatic rings. The summed E-state index contributed by atoms with van der Waals surface area (Å²) in [6.45, 7) is 3.13. The normalized spacial score (nSPS) is 21.0. The highest BCUT2D eigenvalue weighted by atomic mass is 79.9. The number of aromatic carboxylic acids is 1. The molecule has 0 aromatic heterocycles. The third kappa shape index (κ3) is 4.18. The first-order chi connectivity index (χ1) is 9.89. The highest BCUT2D eigenvalue weighted by molar-refractivity contribution is 9.10. The van der Waals surface area contributed by atoms with Gasteiger partial charge in [0, 0.05) is 17.6 Å². The number of carbonyl (C=O) groups excluding carboxylic acids is 1. The van der Waals surface area contributed by atoms with Crippen molar-refractivity contribution in [2.24, 2.45) is 0 Å². The number of hydrogen-bond acceptors (Lipinski definition) is 3. The number of halogens is 1. The van der Waals surface area contributed by atoms with E-state index in [2.05, 4.69) is 26.6 Å². The van der Waals surface area contributed by atoms with Crippen LogP contribution in [0.2, 0.25) is 0 Å². The van der Waals surface area contributed by atoms with E-state index in [4.69, 9.17) is 9.84 Å². The van der Waals surface area contributed by atoms with Crippen LogP contribution >= 0.6 is 15.9 Å². The molecule has 1 heterocycles. The summed E-state index contributed by atoms with van der Waals surface area (Å²) in [5.41, 5.74) is 0.358.